The molecule has 0 atom stereocenters. The molecule has 2 heterocycles. The summed E-state index contributed by atoms with van der Waals surface area (Å²) in [5, 5.41) is 0.487. The van der Waals surface area contributed by atoms with Gasteiger partial charge in [0.05, 0.1) is 17.2 Å². The van der Waals surface area contributed by atoms with Crippen molar-refractivity contribution in [3.63, 3.8) is 0 Å². The fourth-order valence-corrected chi connectivity index (χ4v) is 1.89. The molecule has 0 aliphatic rings. The van der Waals surface area contributed by atoms with Crippen LogP contribution in [-0.2, 0) is 12.5 Å². The van der Waals surface area contributed by atoms with Crippen LogP contribution in [-0.4, -0.2) is 14.5 Å². The lowest BCUT2D eigenvalue weighted by Crippen LogP contribution is -2.17. The zero-order chi connectivity index (χ0) is 11.2. The number of fused-ring (bicyclic) bond motifs is 1. The molecule has 0 aromatic carbocycles. The zero-order valence-electron chi connectivity index (χ0n) is 9.37. The molecule has 0 aliphatic carbocycles. The molecule has 0 amide bonds. The fourth-order valence-electron chi connectivity index (χ4n) is 1.73. The van der Waals surface area contributed by atoms with Gasteiger partial charge in [-0.1, -0.05) is 32.4 Å². The van der Waals surface area contributed by atoms with Gasteiger partial charge in [0, 0.05) is 18.5 Å². The van der Waals surface area contributed by atoms with Gasteiger partial charge < -0.3 is 4.57 Å². The maximum atomic E-state index is 5.83. The molecule has 0 radical (unpaired) electrons. The number of aromatic nitrogens is 3. The van der Waals surface area contributed by atoms with E-state index in [1.165, 1.54) is 0 Å². The van der Waals surface area contributed by atoms with Crippen LogP contribution in [0.1, 0.15) is 26.6 Å². The maximum Gasteiger partial charge on any atom is 0.131 e. The van der Waals surface area contributed by atoms with Crippen LogP contribution in [0.5, 0.6) is 0 Å². The average Bonchev–Trinajstić information content (AvgIpc) is 2.42. The van der Waals surface area contributed by atoms with Crippen LogP contribution in [0.15, 0.2) is 12.3 Å². The summed E-state index contributed by atoms with van der Waals surface area (Å²) in [7, 11) is 2.01. The van der Waals surface area contributed by atoms with E-state index in [0.717, 1.165) is 16.9 Å². The van der Waals surface area contributed by atoms with Gasteiger partial charge in [0.1, 0.15) is 11.0 Å². The van der Waals surface area contributed by atoms with E-state index < -0.39 is 0 Å². The zero-order valence-corrected chi connectivity index (χ0v) is 10.1. The average molecular weight is 224 g/mol. The molecule has 2 rings (SSSR count). The SMILES string of the molecule is Cn1c(C(C)(C)C)nc2cc(Cl)ncc21. The van der Waals surface area contributed by atoms with Crippen molar-refractivity contribution in [2.45, 2.75) is 26.2 Å². The highest BCUT2D eigenvalue weighted by molar-refractivity contribution is 6.29. The quantitative estimate of drug-likeness (QED) is 0.643. The Labute approximate surface area is 94.1 Å². The van der Waals surface area contributed by atoms with Crippen LogP contribution < -0.4 is 0 Å². The molecule has 0 bridgehead atoms. The number of hydrogen-bond donors (Lipinski definition) is 0. The molecule has 4 heteroatoms. The van der Waals surface area contributed by atoms with Gasteiger partial charge in [-0.3, -0.25) is 0 Å². The fraction of sp³-hybridized carbons (Fsp3) is 0.455. The number of pyridine rings is 1. The first kappa shape index (κ1) is 10.4. The van der Waals surface area contributed by atoms with E-state index in [2.05, 4.69) is 35.3 Å². The van der Waals surface area contributed by atoms with Gasteiger partial charge >= 0.3 is 0 Å². The van der Waals surface area contributed by atoms with Crippen LogP contribution in [0.4, 0.5) is 0 Å². The summed E-state index contributed by atoms with van der Waals surface area (Å²) in [6.45, 7) is 6.43. The van der Waals surface area contributed by atoms with Crippen LogP contribution in [0.2, 0.25) is 5.15 Å². The maximum absolute atomic E-state index is 5.83. The minimum Gasteiger partial charge on any atom is -0.329 e. The first-order valence-corrected chi connectivity index (χ1v) is 5.26. The van der Waals surface area contributed by atoms with E-state index in [-0.39, 0.29) is 5.41 Å². The molecule has 0 spiro atoms. The largest absolute Gasteiger partial charge is 0.329 e. The smallest absolute Gasteiger partial charge is 0.131 e. The summed E-state index contributed by atoms with van der Waals surface area (Å²) < 4.78 is 2.07. The first-order chi connectivity index (χ1) is 6.89. The highest BCUT2D eigenvalue weighted by atomic mass is 35.5. The van der Waals surface area contributed by atoms with Gasteiger partial charge in [0.2, 0.25) is 0 Å². The Morgan fingerprint density at radius 2 is 2.00 bits per heavy atom. The second kappa shape index (κ2) is 3.20. The predicted octanol–water partition coefficient (Wildman–Crippen LogP) is 2.92. The summed E-state index contributed by atoms with van der Waals surface area (Å²) in [6.07, 6.45) is 1.76. The van der Waals surface area contributed by atoms with Gasteiger partial charge in [-0.15, -0.1) is 0 Å². The van der Waals surface area contributed by atoms with Gasteiger partial charge in [-0.2, -0.15) is 0 Å². The number of halogens is 1. The minimum atomic E-state index is 0.0280. The molecule has 80 valence electrons. The summed E-state index contributed by atoms with van der Waals surface area (Å²) in [5.41, 5.74) is 1.95. The van der Waals surface area contributed by atoms with Crippen molar-refractivity contribution >= 4 is 22.6 Å². The second-order valence-corrected chi connectivity index (χ2v) is 5.13. The van der Waals surface area contributed by atoms with Crippen molar-refractivity contribution in [3.8, 4) is 0 Å². The second-order valence-electron chi connectivity index (χ2n) is 4.74. The molecular weight excluding hydrogens is 210 g/mol. The van der Waals surface area contributed by atoms with Crippen molar-refractivity contribution in [2.24, 2.45) is 7.05 Å². The van der Waals surface area contributed by atoms with Crippen molar-refractivity contribution < 1.29 is 0 Å². The highest BCUT2D eigenvalue weighted by Crippen LogP contribution is 2.25. The van der Waals surface area contributed by atoms with Crippen molar-refractivity contribution in [2.75, 3.05) is 0 Å². The third-order valence-electron chi connectivity index (χ3n) is 2.40. The molecule has 2 aromatic rings. The molecule has 0 saturated heterocycles. The minimum absolute atomic E-state index is 0.0280. The number of nitrogens with zero attached hydrogens (tertiary/aromatic N) is 3. The van der Waals surface area contributed by atoms with Crippen molar-refractivity contribution in [1.29, 1.82) is 0 Å². The van der Waals surface area contributed by atoms with Gasteiger partial charge in [-0.05, 0) is 0 Å². The van der Waals surface area contributed by atoms with E-state index in [1.807, 2.05) is 7.05 Å². The lowest BCUT2D eigenvalue weighted by Gasteiger charge is -2.17. The molecule has 15 heavy (non-hydrogen) atoms. The van der Waals surface area contributed by atoms with Crippen LogP contribution in [0.3, 0.4) is 0 Å². The van der Waals surface area contributed by atoms with Crippen molar-refractivity contribution in [3.05, 3.63) is 23.2 Å². The Morgan fingerprint density at radius 3 is 2.60 bits per heavy atom. The predicted molar refractivity (Wildman–Crippen MR) is 62.2 cm³/mol. The monoisotopic (exact) mass is 223 g/mol. The Morgan fingerprint density at radius 1 is 1.33 bits per heavy atom. The van der Waals surface area contributed by atoms with E-state index in [0.29, 0.717) is 5.15 Å². The van der Waals surface area contributed by atoms with Crippen molar-refractivity contribution in [1.82, 2.24) is 14.5 Å². The topological polar surface area (TPSA) is 30.7 Å². The lowest BCUT2D eigenvalue weighted by atomic mass is 9.96. The number of rotatable bonds is 0. The summed E-state index contributed by atoms with van der Waals surface area (Å²) in [5.74, 6) is 1.04. The summed E-state index contributed by atoms with van der Waals surface area (Å²) in [6, 6.07) is 1.80. The Bertz CT molecular complexity index is 508. The molecular formula is C11H14ClN3. The molecule has 0 fully saturated rings. The third kappa shape index (κ3) is 1.72. The molecule has 3 nitrogen and oxygen atoms in total. The summed E-state index contributed by atoms with van der Waals surface area (Å²) in [4.78, 5) is 8.65. The molecule has 2 aromatic heterocycles. The summed E-state index contributed by atoms with van der Waals surface area (Å²) >= 11 is 5.83. The standard InChI is InChI=1S/C11H14ClN3/c1-11(2,3)10-14-7-5-9(12)13-6-8(7)15(10)4/h5-6H,1-4H3. The Balaban J connectivity index is 2.75. The molecule has 0 unspecified atom stereocenters. The van der Waals surface area contributed by atoms with Gasteiger partial charge in [-0.25, -0.2) is 9.97 Å². The normalized spacial score (nSPS) is 12.3. The van der Waals surface area contributed by atoms with Gasteiger partial charge in [0.25, 0.3) is 0 Å². The lowest BCUT2D eigenvalue weighted by molar-refractivity contribution is 0.526. The van der Waals surface area contributed by atoms with E-state index in [9.17, 15) is 0 Å². The molecule has 0 saturated carbocycles. The van der Waals surface area contributed by atoms with E-state index >= 15 is 0 Å². The van der Waals surface area contributed by atoms with E-state index in [1.54, 1.807) is 12.3 Å². The number of imidazole rings is 1. The van der Waals surface area contributed by atoms with Gasteiger partial charge in [0.15, 0.2) is 0 Å². The third-order valence-corrected chi connectivity index (χ3v) is 2.61. The highest BCUT2D eigenvalue weighted by Gasteiger charge is 2.21. The first-order valence-electron chi connectivity index (χ1n) is 4.88. The number of aryl methyl sites for hydroxylation is 1. The van der Waals surface area contributed by atoms with Crippen LogP contribution in [0.25, 0.3) is 11.0 Å². The Kier molecular flexibility index (Phi) is 2.23. The number of hydrogen-bond acceptors (Lipinski definition) is 2. The molecule has 0 N–H and O–H groups in total. The Hall–Kier alpha value is -1.09. The van der Waals surface area contributed by atoms with Crippen LogP contribution in [0, 0.1) is 0 Å². The van der Waals surface area contributed by atoms with E-state index in [4.69, 9.17) is 11.6 Å². The molecule has 0 aliphatic heterocycles. The van der Waals surface area contributed by atoms with Crippen LogP contribution >= 0.6 is 11.6 Å².